The van der Waals surface area contributed by atoms with Crippen LogP contribution in [0.15, 0.2) is 51.7 Å². The molecule has 0 radical (unpaired) electrons. The van der Waals surface area contributed by atoms with Crippen LogP contribution < -0.4 is 15.7 Å². The molecule has 3 N–H and O–H groups in total. The lowest BCUT2D eigenvalue weighted by atomic mass is 10.2. The first-order valence-corrected chi connectivity index (χ1v) is 7.76. The van der Waals surface area contributed by atoms with E-state index in [1.807, 2.05) is 12.1 Å². The van der Waals surface area contributed by atoms with Crippen LogP contribution in [0.2, 0.25) is 0 Å². The molecule has 0 aliphatic carbocycles. The fraction of sp³-hybridized carbons (Fsp3) is 0.125. The van der Waals surface area contributed by atoms with E-state index in [2.05, 4.69) is 31.2 Å². The van der Waals surface area contributed by atoms with E-state index in [4.69, 9.17) is 4.74 Å². The van der Waals surface area contributed by atoms with E-state index in [0.717, 1.165) is 4.47 Å². The van der Waals surface area contributed by atoms with E-state index in [-0.39, 0.29) is 11.6 Å². The molecule has 7 heteroatoms. The Morgan fingerprint density at radius 3 is 2.57 bits per heavy atom. The minimum absolute atomic E-state index is 0.273. The fourth-order valence-corrected chi connectivity index (χ4v) is 2.39. The number of ether oxygens (including phenoxy) is 1. The van der Waals surface area contributed by atoms with E-state index < -0.39 is 6.10 Å². The van der Waals surface area contributed by atoms with Crippen molar-refractivity contribution in [3.63, 3.8) is 0 Å². The van der Waals surface area contributed by atoms with Gasteiger partial charge in [-0.25, -0.2) is 4.79 Å². The van der Waals surface area contributed by atoms with E-state index in [1.54, 1.807) is 37.3 Å². The summed E-state index contributed by atoms with van der Waals surface area (Å²) in [7, 11) is 0. The number of carbonyl (C=O) groups is 1. The average Bonchev–Trinajstić information content (AvgIpc) is 2.88. The second-order valence-corrected chi connectivity index (χ2v) is 5.96. The predicted octanol–water partition coefficient (Wildman–Crippen LogP) is 3.02. The van der Waals surface area contributed by atoms with Crippen molar-refractivity contribution < 1.29 is 9.53 Å². The third-order valence-electron chi connectivity index (χ3n) is 3.28. The molecule has 0 fully saturated rings. The Balaban J connectivity index is 1.69. The van der Waals surface area contributed by atoms with Crippen LogP contribution in [0.4, 0.5) is 5.69 Å². The topological polar surface area (TPSA) is 87.0 Å². The van der Waals surface area contributed by atoms with Crippen molar-refractivity contribution in [1.29, 1.82) is 0 Å². The molecule has 0 bridgehead atoms. The third-order valence-corrected chi connectivity index (χ3v) is 3.81. The summed E-state index contributed by atoms with van der Waals surface area (Å²) in [4.78, 5) is 28.7. The number of H-pyrrole nitrogens is 2. The SMILES string of the molecule is C[C@H](Oc1ccc(Br)cc1)C(=O)Nc1ccc2[nH]c(=O)[nH]c2c1. The Bertz CT molecular complexity index is 899. The van der Waals surface area contributed by atoms with Crippen molar-refractivity contribution in [3.8, 4) is 5.75 Å². The summed E-state index contributed by atoms with van der Waals surface area (Å²) in [5.74, 6) is 0.339. The van der Waals surface area contributed by atoms with E-state index >= 15 is 0 Å². The smallest absolute Gasteiger partial charge is 0.323 e. The molecule has 3 rings (SSSR count). The molecule has 1 amide bonds. The lowest BCUT2D eigenvalue weighted by Gasteiger charge is -2.14. The zero-order valence-corrected chi connectivity index (χ0v) is 13.8. The van der Waals surface area contributed by atoms with Gasteiger partial charge in [-0.2, -0.15) is 0 Å². The summed E-state index contributed by atoms with van der Waals surface area (Å²) in [5, 5.41) is 2.77. The lowest BCUT2D eigenvalue weighted by Crippen LogP contribution is -2.30. The van der Waals surface area contributed by atoms with Gasteiger partial charge in [0.1, 0.15) is 5.75 Å². The maximum atomic E-state index is 12.2. The second kappa shape index (κ2) is 6.29. The number of nitrogens with one attached hydrogen (secondary N) is 3. The summed E-state index contributed by atoms with van der Waals surface area (Å²) < 4.78 is 6.54. The van der Waals surface area contributed by atoms with Gasteiger partial charge in [-0.1, -0.05) is 15.9 Å². The molecule has 2 aromatic carbocycles. The van der Waals surface area contributed by atoms with Crippen LogP contribution in [0.5, 0.6) is 5.75 Å². The number of halogens is 1. The maximum Gasteiger partial charge on any atom is 0.323 e. The normalized spacial score (nSPS) is 12.1. The van der Waals surface area contributed by atoms with Crippen molar-refractivity contribution in [2.45, 2.75) is 13.0 Å². The van der Waals surface area contributed by atoms with E-state index in [1.165, 1.54) is 0 Å². The van der Waals surface area contributed by atoms with Gasteiger partial charge in [0.15, 0.2) is 6.10 Å². The quantitative estimate of drug-likeness (QED) is 0.654. The molecule has 6 nitrogen and oxygen atoms in total. The van der Waals surface area contributed by atoms with Crippen LogP contribution in [0, 0.1) is 0 Å². The first-order valence-electron chi connectivity index (χ1n) is 6.96. The van der Waals surface area contributed by atoms with Crippen LogP contribution in [-0.2, 0) is 4.79 Å². The first kappa shape index (κ1) is 15.4. The van der Waals surface area contributed by atoms with Crippen LogP contribution in [0.25, 0.3) is 11.0 Å². The zero-order chi connectivity index (χ0) is 16.4. The number of amides is 1. The highest BCUT2D eigenvalue weighted by Gasteiger charge is 2.15. The number of aromatic nitrogens is 2. The molecule has 0 aliphatic heterocycles. The summed E-state index contributed by atoms with van der Waals surface area (Å²) in [6.07, 6.45) is -0.655. The number of imidazole rings is 1. The summed E-state index contributed by atoms with van der Waals surface area (Å²) in [5.41, 5.74) is 1.63. The highest BCUT2D eigenvalue weighted by atomic mass is 79.9. The fourth-order valence-electron chi connectivity index (χ4n) is 2.13. The largest absolute Gasteiger partial charge is 0.481 e. The molecular formula is C16H14BrN3O3. The molecule has 0 saturated heterocycles. The number of rotatable bonds is 4. The minimum atomic E-state index is -0.655. The molecule has 0 aliphatic rings. The van der Waals surface area contributed by atoms with Gasteiger partial charge in [0.05, 0.1) is 11.0 Å². The molecular weight excluding hydrogens is 362 g/mol. The summed E-state index contributed by atoms with van der Waals surface area (Å²) in [6.45, 7) is 1.67. The zero-order valence-electron chi connectivity index (χ0n) is 12.2. The Kier molecular flexibility index (Phi) is 4.20. The van der Waals surface area contributed by atoms with Crippen LogP contribution in [0.1, 0.15) is 6.92 Å². The van der Waals surface area contributed by atoms with Crippen molar-refractivity contribution in [2.75, 3.05) is 5.32 Å². The number of anilines is 1. The standard InChI is InChI=1S/C16H14BrN3O3/c1-9(23-12-5-2-10(17)3-6-12)15(21)18-11-4-7-13-14(8-11)20-16(22)19-13/h2-9H,1H3,(H,18,21)(H2,19,20,22)/t9-/m0/s1. The molecule has 1 aromatic heterocycles. The molecule has 0 saturated carbocycles. The van der Waals surface area contributed by atoms with E-state index in [0.29, 0.717) is 22.5 Å². The average molecular weight is 376 g/mol. The van der Waals surface area contributed by atoms with Crippen LogP contribution in [-0.4, -0.2) is 22.0 Å². The van der Waals surface area contributed by atoms with Gasteiger partial charge in [0.25, 0.3) is 5.91 Å². The highest BCUT2D eigenvalue weighted by molar-refractivity contribution is 9.10. The number of aromatic amines is 2. The minimum Gasteiger partial charge on any atom is -0.481 e. The molecule has 0 spiro atoms. The third kappa shape index (κ3) is 3.62. The molecule has 1 heterocycles. The number of fused-ring (bicyclic) bond motifs is 1. The first-order chi connectivity index (χ1) is 11.0. The maximum absolute atomic E-state index is 12.2. The molecule has 0 unspecified atom stereocenters. The Morgan fingerprint density at radius 1 is 1.13 bits per heavy atom. The highest BCUT2D eigenvalue weighted by Crippen LogP contribution is 2.18. The van der Waals surface area contributed by atoms with Crippen LogP contribution in [0.3, 0.4) is 0 Å². The van der Waals surface area contributed by atoms with Crippen molar-refractivity contribution in [1.82, 2.24) is 9.97 Å². The summed E-state index contributed by atoms with van der Waals surface area (Å²) >= 11 is 3.34. The molecule has 3 aromatic rings. The van der Waals surface area contributed by atoms with Gasteiger partial charge < -0.3 is 20.0 Å². The van der Waals surface area contributed by atoms with Gasteiger partial charge in [0.2, 0.25) is 0 Å². The Morgan fingerprint density at radius 2 is 1.83 bits per heavy atom. The number of carbonyl (C=O) groups excluding carboxylic acids is 1. The van der Waals surface area contributed by atoms with Crippen molar-refractivity contribution in [2.24, 2.45) is 0 Å². The lowest BCUT2D eigenvalue weighted by molar-refractivity contribution is -0.122. The van der Waals surface area contributed by atoms with Gasteiger partial charge in [-0.3, -0.25) is 4.79 Å². The van der Waals surface area contributed by atoms with Gasteiger partial charge >= 0.3 is 5.69 Å². The van der Waals surface area contributed by atoms with Gasteiger partial charge in [0, 0.05) is 10.2 Å². The predicted molar refractivity (Wildman–Crippen MR) is 91.8 cm³/mol. The number of hydrogen-bond acceptors (Lipinski definition) is 3. The van der Waals surface area contributed by atoms with Gasteiger partial charge in [-0.15, -0.1) is 0 Å². The number of hydrogen-bond donors (Lipinski definition) is 3. The van der Waals surface area contributed by atoms with Crippen molar-refractivity contribution in [3.05, 3.63) is 57.4 Å². The monoisotopic (exact) mass is 375 g/mol. The Labute approximate surface area is 140 Å². The molecule has 1 atom stereocenters. The van der Waals surface area contributed by atoms with E-state index in [9.17, 15) is 9.59 Å². The van der Waals surface area contributed by atoms with Crippen molar-refractivity contribution >= 4 is 38.6 Å². The van der Waals surface area contributed by atoms with Gasteiger partial charge in [-0.05, 0) is 49.4 Å². The Hall–Kier alpha value is -2.54. The second-order valence-electron chi connectivity index (χ2n) is 5.04. The number of benzene rings is 2. The molecule has 23 heavy (non-hydrogen) atoms. The molecule has 118 valence electrons. The summed E-state index contributed by atoms with van der Waals surface area (Å²) in [6, 6.07) is 12.4. The van der Waals surface area contributed by atoms with Crippen LogP contribution >= 0.6 is 15.9 Å².